The van der Waals surface area contributed by atoms with E-state index in [9.17, 15) is 18.0 Å². The van der Waals surface area contributed by atoms with Gasteiger partial charge in [0.05, 0.1) is 37.2 Å². The number of sulfonamides is 1. The fraction of sp³-hybridized carbons (Fsp3) is 0.407. The van der Waals surface area contributed by atoms with E-state index in [0.29, 0.717) is 42.1 Å². The van der Waals surface area contributed by atoms with Gasteiger partial charge in [-0.25, -0.2) is 13.1 Å². The molecule has 2 amide bonds. The van der Waals surface area contributed by atoms with Crippen LogP contribution in [0.4, 0.5) is 0 Å². The number of aromatic nitrogens is 3. The van der Waals surface area contributed by atoms with E-state index in [2.05, 4.69) is 20.2 Å². The van der Waals surface area contributed by atoms with Gasteiger partial charge in [-0.15, -0.1) is 0 Å². The normalized spacial score (nSPS) is 23.3. The van der Waals surface area contributed by atoms with Crippen LogP contribution in [0.1, 0.15) is 59.1 Å². The van der Waals surface area contributed by atoms with E-state index < -0.39 is 34.1 Å². The van der Waals surface area contributed by atoms with Crippen molar-refractivity contribution in [1.29, 1.82) is 0 Å². The van der Waals surface area contributed by atoms with Crippen LogP contribution in [-0.4, -0.2) is 65.0 Å². The molecule has 2 N–H and O–H groups in total. The number of rotatable bonds is 8. The van der Waals surface area contributed by atoms with E-state index in [0.717, 1.165) is 24.7 Å². The number of amides is 2. The van der Waals surface area contributed by atoms with Crippen LogP contribution in [0, 0.1) is 0 Å². The molecule has 1 aliphatic heterocycles. The van der Waals surface area contributed by atoms with E-state index in [4.69, 9.17) is 11.6 Å². The van der Waals surface area contributed by atoms with E-state index in [-0.39, 0.29) is 11.8 Å². The molecule has 10 nitrogen and oxygen atoms in total. The number of benzene rings is 2. The molecule has 39 heavy (non-hydrogen) atoms. The van der Waals surface area contributed by atoms with Gasteiger partial charge >= 0.3 is 0 Å². The average Bonchev–Trinajstić information content (AvgIpc) is 3.42. The zero-order valence-electron chi connectivity index (χ0n) is 21.5. The number of carbonyl (C=O) groups is 2. The number of nitrogens with one attached hydrogen (secondary N) is 2. The van der Waals surface area contributed by atoms with Crippen LogP contribution < -0.4 is 10.0 Å². The summed E-state index contributed by atoms with van der Waals surface area (Å²) in [6.07, 6.45) is 7.19. The summed E-state index contributed by atoms with van der Waals surface area (Å²) in [5.41, 5.74) is 1.83. The Balaban J connectivity index is 1.58. The van der Waals surface area contributed by atoms with Gasteiger partial charge in [-0.05, 0) is 42.2 Å². The van der Waals surface area contributed by atoms with Crippen LogP contribution in [-0.2, 0) is 21.4 Å². The smallest absolute Gasteiger partial charge is 0.255 e. The van der Waals surface area contributed by atoms with Crippen molar-refractivity contribution < 1.29 is 18.0 Å². The third-order valence-electron chi connectivity index (χ3n) is 7.40. The van der Waals surface area contributed by atoms with Crippen molar-refractivity contribution >= 4 is 33.4 Å². The summed E-state index contributed by atoms with van der Waals surface area (Å²) in [7, 11) is -3.52. The molecule has 3 aromatic rings. The summed E-state index contributed by atoms with van der Waals surface area (Å²) in [6, 6.07) is 12.7. The van der Waals surface area contributed by atoms with Gasteiger partial charge in [0.15, 0.2) is 0 Å². The summed E-state index contributed by atoms with van der Waals surface area (Å²) < 4.78 is 27.3. The van der Waals surface area contributed by atoms with Crippen molar-refractivity contribution in [2.24, 2.45) is 0 Å². The van der Waals surface area contributed by atoms with Crippen molar-refractivity contribution in [1.82, 2.24) is 29.9 Å². The second kappa shape index (κ2) is 11.4. The number of carbonyl (C=O) groups excluding carboxylic acids is 2. The highest BCUT2D eigenvalue weighted by molar-refractivity contribution is 7.88. The van der Waals surface area contributed by atoms with E-state index >= 15 is 0 Å². The molecule has 0 unspecified atom stereocenters. The second-order valence-corrected chi connectivity index (χ2v) is 12.3. The molecular weight excluding hydrogens is 540 g/mol. The predicted octanol–water partition coefficient (Wildman–Crippen LogP) is 2.89. The molecule has 0 radical (unpaired) electrons. The topological polar surface area (TPSA) is 126 Å². The molecule has 0 bridgehead atoms. The monoisotopic (exact) mass is 570 g/mol. The van der Waals surface area contributed by atoms with Crippen molar-refractivity contribution in [3.8, 4) is 0 Å². The quantitative estimate of drug-likeness (QED) is 0.429. The van der Waals surface area contributed by atoms with Crippen LogP contribution in [0.5, 0.6) is 0 Å². The number of hydrogen-bond donors (Lipinski definition) is 2. The molecule has 1 fully saturated rings. The number of nitrogens with zero attached hydrogens (tertiary/aromatic N) is 4. The van der Waals surface area contributed by atoms with Gasteiger partial charge in [0.25, 0.3) is 5.91 Å². The van der Waals surface area contributed by atoms with Crippen LogP contribution in [0.3, 0.4) is 0 Å². The maximum absolute atomic E-state index is 14.2. The Hall–Kier alpha value is -3.28. The lowest BCUT2D eigenvalue weighted by Crippen LogP contribution is -2.59. The molecule has 206 valence electrons. The van der Waals surface area contributed by atoms with E-state index in [1.807, 2.05) is 24.3 Å². The fourth-order valence-electron chi connectivity index (χ4n) is 5.82. The van der Waals surface area contributed by atoms with Crippen molar-refractivity contribution in [3.63, 3.8) is 0 Å². The minimum Gasteiger partial charge on any atom is -0.354 e. The lowest BCUT2D eigenvalue weighted by Gasteiger charge is -2.49. The Labute approximate surface area is 232 Å². The van der Waals surface area contributed by atoms with Crippen molar-refractivity contribution in [2.75, 3.05) is 12.8 Å². The van der Waals surface area contributed by atoms with E-state index in [1.165, 1.54) is 4.80 Å². The summed E-state index contributed by atoms with van der Waals surface area (Å²) in [5, 5.41) is 11.7. The lowest BCUT2D eigenvalue weighted by molar-refractivity contribution is -0.124. The first-order valence-electron chi connectivity index (χ1n) is 13.0. The fourth-order valence-corrected chi connectivity index (χ4v) is 6.77. The number of halogens is 1. The molecule has 2 heterocycles. The zero-order chi connectivity index (χ0) is 27.6. The highest BCUT2D eigenvalue weighted by Crippen LogP contribution is 2.46. The van der Waals surface area contributed by atoms with Gasteiger partial charge in [-0.1, -0.05) is 54.8 Å². The minimum atomic E-state index is -3.52. The van der Waals surface area contributed by atoms with Crippen LogP contribution in [0.15, 0.2) is 60.9 Å². The Morgan fingerprint density at radius 1 is 1.05 bits per heavy atom. The Morgan fingerprint density at radius 3 is 2.46 bits per heavy atom. The van der Waals surface area contributed by atoms with Gasteiger partial charge in [0.1, 0.15) is 0 Å². The van der Waals surface area contributed by atoms with Crippen LogP contribution >= 0.6 is 11.6 Å². The molecule has 1 saturated carbocycles. The van der Waals surface area contributed by atoms with E-state index in [1.54, 1.807) is 41.6 Å². The molecule has 1 aliphatic carbocycles. The Bertz CT molecular complexity index is 1430. The zero-order valence-corrected chi connectivity index (χ0v) is 23.1. The number of hydrogen-bond acceptors (Lipinski definition) is 6. The Morgan fingerprint density at radius 2 is 1.74 bits per heavy atom. The molecular formula is C27H31ClN6O4S. The standard InChI is InChI=1S/C27H31ClN6O4S/c1-39(37,38)32-22-8-4-5-9-23(22)34-25(18-10-12-19(28)13-11-18)24(20-6-2-3-7-21(20)27(34)36)26(35)29-16-17-33-30-14-15-31-33/h2-3,6-7,10-15,22-25,32H,4-5,8-9,16-17H2,1H3,(H,29,35)/t22-,23-,24+,25-/m0/s1. The van der Waals surface area contributed by atoms with Gasteiger partial charge in [-0.3, -0.25) is 9.59 Å². The summed E-state index contributed by atoms with van der Waals surface area (Å²) in [5.74, 6) is -1.19. The molecule has 2 aromatic carbocycles. The molecule has 4 atom stereocenters. The first-order chi connectivity index (χ1) is 18.7. The maximum Gasteiger partial charge on any atom is 0.255 e. The van der Waals surface area contributed by atoms with Gasteiger partial charge in [-0.2, -0.15) is 15.0 Å². The molecule has 0 spiro atoms. The first-order valence-corrected chi connectivity index (χ1v) is 15.3. The third kappa shape index (κ3) is 6.00. The first kappa shape index (κ1) is 27.3. The molecule has 0 saturated heterocycles. The summed E-state index contributed by atoms with van der Waals surface area (Å²) in [6.45, 7) is 0.694. The minimum absolute atomic E-state index is 0.220. The molecule has 5 rings (SSSR count). The van der Waals surface area contributed by atoms with Crippen LogP contribution in [0.25, 0.3) is 0 Å². The second-order valence-electron chi connectivity index (χ2n) is 10.0. The summed E-state index contributed by atoms with van der Waals surface area (Å²) in [4.78, 5) is 31.4. The van der Waals surface area contributed by atoms with Gasteiger partial charge < -0.3 is 10.2 Å². The van der Waals surface area contributed by atoms with Crippen LogP contribution in [0.2, 0.25) is 5.02 Å². The van der Waals surface area contributed by atoms with Crippen molar-refractivity contribution in [2.45, 2.75) is 56.3 Å². The lowest BCUT2D eigenvalue weighted by atomic mass is 9.76. The van der Waals surface area contributed by atoms with Crippen molar-refractivity contribution in [3.05, 3.63) is 82.6 Å². The number of fused-ring (bicyclic) bond motifs is 1. The largest absolute Gasteiger partial charge is 0.354 e. The average molecular weight is 571 g/mol. The summed E-state index contributed by atoms with van der Waals surface area (Å²) >= 11 is 6.21. The third-order valence-corrected chi connectivity index (χ3v) is 8.38. The molecule has 2 aliphatic rings. The molecule has 1 aromatic heterocycles. The van der Waals surface area contributed by atoms with Gasteiger partial charge in [0.2, 0.25) is 15.9 Å². The highest BCUT2D eigenvalue weighted by atomic mass is 35.5. The van der Waals surface area contributed by atoms with Gasteiger partial charge in [0, 0.05) is 29.2 Å². The SMILES string of the molecule is CS(=O)(=O)N[C@H]1CCCC[C@@H]1N1C(=O)c2ccccc2[C@@H](C(=O)NCCn2nccn2)[C@@H]1c1ccc(Cl)cc1. The highest BCUT2D eigenvalue weighted by Gasteiger charge is 2.48. The predicted molar refractivity (Wildman–Crippen MR) is 147 cm³/mol. The molecule has 12 heteroatoms. The maximum atomic E-state index is 14.2. The Kier molecular flexibility index (Phi) is 8.01.